The van der Waals surface area contributed by atoms with Gasteiger partial charge in [-0.05, 0) is 18.2 Å². The molecule has 0 fully saturated rings. The largest absolute Gasteiger partial charge is 0.497 e. The molecule has 0 atom stereocenters. The number of nitrogens with one attached hydrogen (secondary N) is 1. The number of carbonyl (C=O) groups is 1. The Morgan fingerprint density at radius 3 is 2.35 bits per heavy atom. The van der Waals surface area contributed by atoms with Crippen molar-refractivity contribution in [3.63, 3.8) is 0 Å². The first-order valence-corrected chi connectivity index (χ1v) is 7.79. The van der Waals surface area contributed by atoms with E-state index in [0.717, 1.165) is 4.47 Å². The van der Waals surface area contributed by atoms with Gasteiger partial charge in [0.1, 0.15) is 17.2 Å². The second kappa shape index (κ2) is 8.08. The van der Waals surface area contributed by atoms with Crippen LogP contribution in [0.5, 0.6) is 17.2 Å². The molecule has 0 aromatic heterocycles. The molecule has 0 aliphatic rings. The quantitative estimate of drug-likeness (QED) is 0.792. The van der Waals surface area contributed by atoms with Crippen molar-refractivity contribution >= 4 is 39.1 Å². The molecule has 0 unspecified atom stereocenters. The third-order valence-electron chi connectivity index (χ3n) is 2.89. The summed E-state index contributed by atoms with van der Waals surface area (Å²) in [6.07, 6.45) is 0. The molecule has 0 heterocycles. The van der Waals surface area contributed by atoms with Gasteiger partial charge in [-0.1, -0.05) is 27.5 Å². The standard InChI is InChI=1S/C16H15BrClNO4/c1-21-12-6-11(7-13(8-12)22-2)19-16(20)9-23-15-4-3-10(17)5-14(15)18/h3-8H,9H2,1-2H3,(H,19,20). The minimum absolute atomic E-state index is 0.166. The number of carbonyl (C=O) groups excluding carboxylic acids is 1. The molecule has 0 radical (unpaired) electrons. The second-order valence-corrected chi connectivity index (χ2v) is 5.84. The highest BCUT2D eigenvalue weighted by molar-refractivity contribution is 9.10. The maximum Gasteiger partial charge on any atom is 0.262 e. The van der Waals surface area contributed by atoms with Crippen molar-refractivity contribution in [2.45, 2.75) is 0 Å². The fraction of sp³-hybridized carbons (Fsp3) is 0.188. The van der Waals surface area contributed by atoms with Gasteiger partial charge >= 0.3 is 0 Å². The van der Waals surface area contributed by atoms with Crippen molar-refractivity contribution in [2.24, 2.45) is 0 Å². The highest BCUT2D eigenvalue weighted by atomic mass is 79.9. The van der Waals surface area contributed by atoms with Crippen LogP contribution in [0.3, 0.4) is 0 Å². The van der Waals surface area contributed by atoms with E-state index in [0.29, 0.717) is 28.0 Å². The predicted molar refractivity (Wildman–Crippen MR) is 92.8 cm³/mol. The smallest absolute Gasteiger partial charge is 0.262 e. The van der Waals surface area contributed by atoms with Gasteiger partial charge in [0.15, 0.2) is 6.61 Å². The van der Waals surface area contributed by atoms with Gasteiger partial charge < -0.3 is 19.5 Å². The van der Waals surface area contributed by atoms with E-state index in [-0.39, 0.29) is 12.5 Å². The summed E-state index contributed by atoms with van der Waals surface area (Å²) in [5, 5.41) is 3.14. The molecule has 1 amide bonds. The third-order valence-corrected chi connectivity index (χ3v) is 3.68. The van der Waals surface area contributed by atoms with Crippen LogP contribution >= 0.6 is 27.5 Å². The van der Waals surface area contributed by atoms with Crippen LogP contribution in [-0.2, 0) is 4.79 Å². The second-order valence-electron chi connectivity index (χ2n) is 4.51. The van der Waals surface area contributed by atoms with Crippen molar-refractivity contribution in [3.05, 3.63) is 45.9 Å². The minimum atomic E-state index is -0.320. The summed E-state index contributed by atoms with van der Waals surface area (Å²) in [7, 11) is 3.08. The summed E-state index contributed by atoms with van der Waals surface area (Å²) in [6, 6.07) is 10.3. The number of hydrogen-bond acceptors (Lipinski definition) is 4. The Bertz CT molecular complexity index is 686. The summed E-state index contributed by atoms with van der Waals surface area (Å²) < 4.78 is 16.5. The van der Waals surface area contributed by atoms with E-state index in [2.05, 4.69) is 21.2 Å². The molecule has 122 valence electrons. The molecule has 0 spiro atoms. The summed E-state index contributed by atoms with van der Waals surface area (Å²) in [6.45, 7) is -0.166. The van der Waals surface area contributed by atoms with Crippen LogP contribution in [0.25, 0.3) is 0 Å². The number of ether oxygens (including phenoxy) is 3. The van der Waals surface area contributed by atoms with Gasteiger partial charge in [0.25, 0.3) is 5.91 Å². The lowest BCUT2D eigenvalue weighted by molar-refractivity contribution is -0.118. The molecule has 2 aromatic carbocycles. The molecule has 0 saturated carbocycles. The third kappa shape index (κ3) is 5.04. The van der Waals surface area contributed by atoms with E-state index < -0.39 is 0 Å². The molecule has 7 heteroatoms. The van der Waals surface area contributed by atoms with Gasteiger partial charge in [-0.25, -0.2) is 0 Å². The molecule has 1 N–H and O–H groups in total. The van der Waals surface area contributed by atoms with Gasteiger partial charge in [-0.15, -0.1) is 0 Å². The van der Waals surface area contributed by atoms with Crippen molar-refractivity contribution in [2.75, 3.05) is 26.1 Å². The number of benzene rings is 2. The maximum absolute atomic E-state index is 12.0. The van der Waals surface area contributed by atoms with Crippen LogP contribution in [0, 0.1) is 0 Å². The maximum atomic E-state index is 12.0. The Morgan fingerprint density at radius 2 is 1.78 bits per heavy atom. The molecule has 5 nitrogen and oxygen atoms in total. The Labute approximate surface area is 147 Å². The average molecular weight is 401 g/mol. The number of rotatable bonds is 6. The molecular formula is C16H15BrClNO4. The van der Waals surface area contributed by atoms with E-state index in [9.17, 15) is 4.79 Å². The SMILES string of the molecule is COc1cc(NC(=O)COc2ccc(Br)cc2Cl)cc(OC)c1. The summed E-state index contributed by atoms with van der Waals surface area (Å²) in [4.78, 5) is 12.0. The van der Waals surface area contributed by atoms with Crippen molar-refractivity contribution in [3.8, 4) is 17.2 Å². The van der Waals surface area contributed by atoms with Gasteiger partial charge in [-0.3, -0.25) is 4.79 Å². The van der Waals surface area contributed by atoms with Crippen LogP contribution in [-0.4, -0.2) is 26.7 Å². The molecule has 0 bridgehead atoms. The summed E-state index contributed by atoms with van der Waals surface area (Å²) >= 11 is 9.34. The van der Waals surface area contributed by atoms with Gasteiger partial charge in [0, 0.05) is 28.4 Å². The monoisotopic (exact) mass is 399 g/mol. The summed E-state index contributed by atoms with van der Waals surface area (Å²) in [5.41, 5.74) is 0.553. The molecular weight excluding hydrogens is 386 g/mol. The van der Waals surface area contributed by atoms with Crippen LogP contribution in [0.2, 0.25) is 5.02 Å². The topological polar surface area (TPSA) is 56.8 Å². The van der Waals surface area contributed by atoms with Crippen LogP contribution in [0.15, 0.2) is 40.9 Å². The van der Waals surface area contributed by atoms with Crippen molar-refractivity contribution in [1.29, 1.82) is 0 Å². The number of anilines is 1. The molecule has 0 saturated heterocycles. The van der Waals surface area contributed by atoms with Crippen molar-refractivity contribution in [1.82, 2.24) is 0 Å². The molecule has 23 heavy (non-hydrogen) atoms. The predicted octanol–water partition coefficient (Wildman–Crippen LogP) is 4.14. The average Bonchev–Trinajstić information content (AvgIpc) is 2.53. The van der Waals surface area contributed by atoms with E-state index in [1.54, 1.807) is 50.6 Å². The van der Waals surface area contributed by atoms with Crippen LogP contribution < -0.4 is 19.5 Å². The van der Waals surface area contributed by atoms with Gasteiger partial charge in [0.05, 0.1) is 19.2 Å². The Kier molecular flexibility index (Phi) is 6.12. The molecule has 0 aliphatic carbocycles. The Balaban J connectivity index is 1.99. The van der Waals surface area contributed by atoms with Crippen LogP contribution in [0.1, 0.15) is 0 Å². The fourth-order valence-electron chi connectivity index (χ4n) is 1.81. The first-order chi connectivity index (χ1) is 11.0. The van der Waals surface area contributed by atoms with Crippen LogP contribution in [0.4, 0.5) is 5.69 Å². The normalized spacial score (nSPS) is 10.1. The van der Waals surface area contributed by atoms with Gasteiger partial charge in [0.2, 0.25) is 0 Å². The Morgan fingerprint density at radius 1 is 1.13 bits per heavy atom. The Hall–Kier alpha value is -1.92. The lowest BCUT2D eigenvalue weighted by Crippen LogP contribution is -2.20. The lowest BCUT2D eigenvalue weighted by atomic mass is 10.2. The lowest BCUT2D eigenvalue weighted by Gasteiger charge is -2.11. The molecule has 2 aromatic rings. The van der Waals surface area contributed by atoms with E-state index in [4.69, 9.17) is 25.8 Å². The summed E-state index contributed by atoms with van der Waals surface area (Å²) in [5.74, 6) is 1.28. The highest BCUT2D eigenvalue weighted by Gasteiger charge is 2.09. The zero-order chi connectivity index (χ0) is 16.8. The minimum Gasteiger partial charge on any atom is -0.497 e. The van der Waals surface area contributed by atoms with Gasteiger partial charge in [-0.2, -0.15) is 0 Å². The zero-order valence-corrected chi connectivity index (χ0v) is 14.9. The number of amides is 1. The first kappa shape index (κ1) is 17.4. The number of halogens is 2. The first-order valence-electron chi connectivity index (χ1n) is 6.62. The van der Waals surface area contributed by atoms with E-state index in [1.165, 1.54) is 0 Å². The fourth-order valence-corrected chi connectivity index (χ4v) is 2.54. The number of hydrogen-bond donors (Lipinski definition) is 1. The number of methoxy groups -OCH3 is 2. The van der Waals surface area contributed by atoms with Crippen molar-refractivity contribution < 1.29 is 19.0 Å². The highest BCUT2D eigenvalue weighted by Crippen LogP contribution is 2.28. The zero-order valence-electron chi connectivity index (χ0n) is 12.6. The molecule has 2 rings (SSSR count). The van der Waals surface area contributed by atoms with E-state index in [1.807, 2.05) is 0 Å². The van der Waals surface area contributed by atoms with E-state index >= 15 is 0 Å². The molecule has 0 aliphatic heterocycles.